The Kier molecular flexibility index (Phi) is 24.4. The molecule has 0 radical (unpaired) electrons. The highest BCUT2D eigenvalue weighted by Crippen LogP contribution is 2.36. The number of aliphatic hydroxyl groups is 24. The Morgan fingerprint density at radius 2 is 0.468 bits per heavy atom. The minimum Gasteiger partial charge on any atom is -0.506 e. The van der Waals surface area contributed by atoms with Gasteiger partial charge in [0.05, 0.1) is 26.4 Å². The van der Waals surface area contributed by atoms with Gasteiger partial charge in [-0.05, 0) is 0 Å². The molecule has 0 aromatic carbocycles. The van der Waals surface area contributed by atoms with E-state index in [1.807, 2.05) is 0 Å². The zero-order valence-electron chi connectivity index (χ0n) is 40.3. The van der Waals surface area contributed by atoms with E-state index in [4.69, 9.17) is 52.1 Å². The molecule has 4 fully saturated rings. The number of ether oxygens (including phenoxy) is 11. The van der Waals surface area contributed by atoms with E-state index in [9.17, 15) is 123 Å². The molecule has 77 heavy (non-hydrogen) atoms. The van der Waals surface area contributed by atoms with Crippen LogP contribution >= 0.6 is 0 Å². The van der Waals surface area contributed by atoms with Crippen molar-refractivity contribution in [3.63, 3.8) is 0 Å². The largest absolute Gasteiger partial charge is 0.506 e. The molecule has 0 aromatic heterocycles. The molecule has 24 N–H and O–H groups in total. The van der Waals surface area contributed by atoms with Crippen LogP contribution in [-0.4, -0.2) is 329 Å². The molecule has 0 aromatic rings. The van der Waals surface area contributed by atoms with Gasteiger partial charge in [0, 0.05) is 39.1 Å². The van der Waals surface area contributed by atoms with Gasteiger partial charge < -0.3 is 175 Å². The highest BCUT2D eigenvalue weighted by molar-refractivity contribution is 5.13. The van der Waals surface area contributed by atoms with Crippen LogP contribution in [0.4, 0.5) is 0 Å². The molecule has 448 valence electrons. The Balaban J connectivity index is 1.52. The van der Waals surface area contributed by atoms with Crippen molar-refractivity contribution in [2.75, 3.05) is 46.2 Å². The fourth-order valence-corrected chi connectivity index (χ4v) is 8.65. The molecule has 9 heterocycles. The molecule has 9 aliphatic heterocycles. The van der Waals surface area contributed by atoms with E-state index >= 15 is 0 Å². The van der Waals surface area contributed by atoms with Crippen molar-refractivity contribution in [3.8, 4) is 0 Å². The van der Waals surface area contributed by atoms with Gasteiger partial charge >= 0.3 is 0 Å². The van der Waals surface area contributed by atoms with Crippen molar-refractivity contribution in [1.82, 2.24) is 0 Å². The van der Waals surface area contributed by atoms with Crippen LogP contribution in [0.15, 0.2) is 34.6 Å². The molecule has 0 amide bonds. The zero-order chi connectivity index (χ0) is 57.3. The van der Waals surface area contributed by atoms with Gasteiger partial charge in [-0.1, -0.05) is 0 Å². The molecule has 8 bridgehead atoms. The second kappa shape index (κ2) is 29.0. The Hall–Kier alpha value is -3.14. The van der Waals surface area contributed by atoms with Gasteiger partial charge in [-0.15, -0.1) is 0 Å². The topological polar surface area (TPSA) is 587 Å². The molecule has 35 heteroatoms. The zero-order valence-corrected chi connectivity index (χ0v) is 40.3. The summed E-state index contributed by atoms with van der Waals surface area (Å²) in [6.07, 6.45) is -58.6. The molecule has 35 nitrogen and oxygen atoms in total. The first-order valence-corrected chi connectivity index (χ1v) is 23.8. The number of rotatable bonds is 10. The molecule has 0 aliphatic carbocycles. The van der Waals surface area contributed by atoms with Crippen LogP contribution in [0.25, 0.3) is 0 Å². The highest BCUT2D eigenvalue weighted by atomic mass is 16.8. The Bertz CT molecular complexity index is 1900. The van der Waals surface area contributed by atoms with E-state index in [1.165, 1.54) is 0 Å². The van der Waals surface area contributed by atoms with Crippen LogP contribution in [-0.2, 0) is 52.1 Å². The number of aliphatic hydroxyl groups excluding tert-OH is 24. The summed E-state index contributed by atoms with van der Waals surface area (Å²) < 4.78 is 60.0. The quantitative estimate of drug-likeness (QED) is 0.0966. The average molecular weight is 1130 g/mol. The molecule has 9 rings (SSSR count). The highest BCUT2D eigenvalue weighted by Gasteiger charge is 2.56. The average Bonchev–Trinajstić information content (AvgIpc) is 3.42. The summed E-state index contributed by atoms with van der Waals surface area (Å²) in [5, 5.41) is 257. The van der Waals surface area contributed by atoms with Crippen LogP contribution in [0.2, 0.25) is 0 Å². The number of fused-ring (bicyclic) bond motifs is 4. The SMILES string of the molecule is OCCC1OC(O)/C(O)=C(\O)C(CCO)OC2OC(CO)C(OC3OC(CO)C(OC4OC(CO)C(OC5OC(CO)C(OC(O)/C(O)=C(\O)C(CCO)OC(O)C(O)=C1O)C(O)C5O)C(O)C4O)C(O)C3O)C(O)C2O. The van der Waals surface area contributed by atoms with E-state index in [0.29, 0.717) is 0 Å². The summed E-state index contributed by atoms with van der Waals surface area (Å²) in [4.78, 5) is 0. The normalized spacial score (nSPS) is 47.0. The summed E-state index contributed by atoms with van der Waals surface area (Å²) in [5.41, 5.74) is 0. The monoisotopic (exact) mass is 1130 g/mol. The second-order valence-corrected chi connectivity index (χ2v) is 18.0. The summed E-state index contributed by atoms with van der Waals surface area (Å²) in [5.74, 6) is -9.20. The standard InChI is InChI=1S/C42H70O35/c43-4-1-11-18(50)25(57)36(64)68-12(2-5-44)19(51)27(59)38(66)74-32-14(7-46)71-40(29(61)21(32)53)76-34-16(9-48)73-42(31(63)23(34)55)77-35-17(10-49)72-41(30(62)24(35)56)75-33-15(8-47)70-39(28(60)22(33)54)69-13(3-6-45)20(52)26(58)37(65)67-11/h11-17,21-24,28-66H,1-10H2/b25-18?,26-20+,27-19+. The van der Waals surface area contributed by atoms with Crippen LogP contribution in [0, 0.1) is 0 Å². The lowest BCUT2D eigenvalue weighted by Gasteiger charge is -2.49. The van der Waals surface area contributed by atoms with E-state index in [2.05, 4.69) is 0 Å². The number of hydrogen-bond acceptors (Lipinski definition) is 35. The van der Waals surface area contributed by atoms with Gasteiger partial charge in [0.25, 0.3) is 0 Å². The van der Waals surface area contributed by atoms with Crippen LogP contribution in [0.3, 0.4) is 0 Å². The fraction of sp³-hybridized carbons (Fsp3) is 0.857. The molecule has 26 unspecified atom stereocenters. The Morgan fingerprint density at radius 1 is 0.247 bits per heavy atom. The lowest BCUT2D eigenvalue weighted by atomic mass is 9.95. The Labute approximate surface area is 434 Å². The lowest BCUT2D eigenvalue weighted by molar-refractivity contribution is -0.390. The van der Waals surface area contributed by atoms with E-state index < -0.39 is 260 Å². The molecule has 0 spiro atoms. The maximum absolute atomic E-state index is 11.3. The third-order valence-electron chi connectivity index (χ3n) is 12.9. The van der Waals surface area contributed by atoms with Crippen molar-refractivity contribution < 1.29 is 175 Å². The van der Waals surface area contributed by atoms with Gasteiger partial charge in [-0.2, -0.15) is 0 Å². The van der Waals surface area contributed by atoms with Gasteiger partial charge in [0.2, 0.25) is 18.9 Å². The first-order valence-electron chi connectivity index (χ1n) is 23.8. The molecule has 0 saturated carbocycles. The van der Waals surface area contributed by atoms with Crippen molar-refractivity contribution in [3.05, 3.63) is 34.6 Å². The van der Waals surface area contributed by atoms with Crippen LogP contribution < -0.4 is 0 Å². The van der Waals surface area contributed by atoms with Gasteiger partial charge in [-0.3, -0.25) is 0 Å². The van der Waals surface area contributed by atoms with Gasteiger partial charge in [0.1, 0.15) is 116 Å². The van der Waals surface area contributed by atoms with Crippen LogP contribution in [0.1, 0.15) is 19.3 Å². The smallest absolute Gasteiger partial charge is 0.218 e. The van der Waals surface area contributed by atoms with Gasteiger partial charge in [0.15, 0.2) is 59.7 Å². The third kappa shape index (κ3) is 14.7. The fourth-order valence-electron chi connectivity index (χ4n) is 8.65. The van der Waals surface area contributed by atoms with E-state index in [1.54, 1.807) is 0 Å². The summed E-state index contributed by atoms with van der Waals surface area (Å²) in [6.45, 7) is -7.20. The minimum atomic E-state index is -2.81. The second-order valence-electron chi connectivity index (χ2n) is 18.0. The number of hydrogen-bond donors (Lipinski definition) is 24. The Morgan fingerprint density at radius 3 is 0.714 bits per heavy atom. The molecule has 26 atom stereocenters. The maximum Gasteiger partial charge on any atom is 0.218 e. The molecule has 4 saturated heterocycles. The van der Waals surface area contributed by atoms with Crippen molar-refractivity contribution in [1.29, 1.82) is 0 Å². The minimum absolute atomic E-state index is 0.716. The summed E-state index contributed by atoms with van der Waals surface area (Å²) in [6, 6.07) is 0. The summed E-state index contributed by atoms with van der Waals surface area (Å²) >= 11 is 0. The first-order chi connectivity index (χ1) is 36.4. The third-order valence-corrected chi connectivity index (χ3v) is 12.9. The van der Waals surface area contributed by atoms with Gasteiger partial charge in [-0.25, -0.2) is 0 Å². The summed E-state index contributed by atoms with van der Waals surface area (Å²) in [7, 11) is 0. The van der Waals surface area contributed by atoms with E-state index in [0.717, 1.165) is 0 Å². The predicted octanol–water partition coefficient (Wildman–Crippen LogP) is -10.5. The molecular formula is C42H70O35. The van der Waals surface area contributed by atoms with Crippen LogP contribution in [0.5, 0.6) is 0 Å². The van der Waals surface area contributed by atoms with Crippen molar-refractivity contribution in [2.24, 2.45) is 0 Å². The van der Waals surface area contributed by atoms with Crippen molar-refractivity contribution in [2.45, 2.75) is 179 Å². The van der Waals surface area contributed by atoms with E-state index in [-0.39, 0.29) is 0 Å². The predicted molar refractivity (Wildman–Crippen MR) is 235 cm³/mol. The van der Waals surface area contributed by atoms with Crippen molar-refractivity contribution >= 4 is 0 Å². The molecular weight excluding hydrogens is 1060 g/mol. The molecule has 9 aliphatic rings. The maximum atomic E-state index is 11.3. The first kappa shape index (κ1) is 64.7. The lowest BCUT2D eigenvalue weighted by Crippen LogP contribution is -2.67.